The van der Waals surface area contributed by atoms with E-state index >= 15 is 0 Å². The fourth-order valence-corrected chi connectivity index (χ4v) is 3.96. The number of aryl methyl sites for hydroxylation is 1. The van der Waals surface area contributed by atoms with Crippen LogP contribution in [0.15, 0.2) is 17.3 Å². The van der Waals surface area contributed by atoms with Gasteiger partial charge >= 0.3 is 0 Å². The van der Waals surface area contributed by atoms with Gasteiger partial charge in [0, 0.05) is 31.7 Å². The van der Waals surface area contributed by atoms with Crippen LogP contribution >= 0.6 is 11.6 Å². The molecule has 0 radical (unpaired) electrons. The van der Waals surface area contributed by atoms with E-state index in [9.17, 15) is 8.42 Å². The van der Waals surface area contributed by atoms with Gasteiger partial charge in [0.2, 0.25) is 10.0 Å². The van der Waals surface area contributed by atoms with Gasteiger partial charge in [-0.1, -0.05) is 0 Å². The highest BCUT2D eigenvalue weighted by Crippen LogP contribution is 2.20. The lowest BCUT2D eigenvalue weighted by Crippen LogP contribution is -2.48. The predicted molar refractivity (Wildman–Crippen MR) is 76.3 cm³/mol. The van der Waals surface area contributed by atoms with Crippen LogP contribution in [0, 0.1) is 0 Å². The summed E-state index contributed by atoms with van der Waals surface area (Å²) in [4.78, 5) is 0.230. The molecule has 0 bridgehead atoms. The molecule has 0 aromatic carbocycles. The Morgan fingerprint density at radius 3 is 2.65 bits per heavy atom. The monoisotopic (exact) mass is 321 g/mol. The third-order valence-corrected chi connectivity index (χ3v) is 5.21. The molecule has 2 heterocycles. The van der Waals surface area contributed by atoms with Crippen molar-refractivity contribution < 1.29 is 13.2 Å². The normalized spacial score (nSPS) is 24.9. The zero-order valence-electron chi connectivity index (χ0n) is 11.7. The number of halogens is 1. The average molecular weight is 322 g/mol. The lowest BCUT2D eigenvalue weighted by Gasteiger charge is -2.34. The third-order valence-electron chi connectivity index (χ3n) is 3.15. The van der Waals surface area contributed by atoms with E-state index < -0.39 is 10.0 Å². The molecule has 0 spiro atoms. The summed E-state index contributed by atoms with van der Waals surface area (Å²) < 4.78 is 33.8. The molecule has 114 valence electrons. The number of nitrogens with zero attached hydrogens (tertiary/aromatic N) is 3. The number of sulfonamides is 1. The zero-order chi connectivity index (χ0) is 14.8. The van der Waals surface area contributed by atoms with E-state index in [1.54, 1.807) is 10.9 Å². The standard InChI is InChI=1S/C12H20ClN3O3S/c1-10-7-16(8-11(2)19-10)20(17,18)12-6-14-15(9-12)5-3-4-13/h6,9-11H,3-5,7-8H2,1-2H3/t10-,11+. The van der Waals surface area contributed by atoms with Crippen molar-refractivity contribution in [3.05, 3.63) is 12.4 Å². The summed E-state index contributed by atoms with van der Waals surface area (Å²) in [5.74, 6) is 0.528. The van der Waals surface area contributed by atoms with Crippen molar-refractivity contribution in [3.8, 4) is 0 Å². The first-order valence-corrected chi connectivity index (χ1v) is 8.65. The maximum absolute atomic E-state index is 12.6. The van der Waals surface area contributed by atoms with E-state index in [1.807, 2.05) is 13.8 Å². The molecule has 0 aliphatic carbocycles. The van der Waals surface area contributed by atoms with Crippen LogP contribution in [0.4, 0.5) is 0 Å². The van der Waals surface area contributed by atoms with Crippen LogP contribution in [0.2, 0.25) is 0 Å². The van der Waals surface area contributed by atoms with Gasteiger partial charge in [-0.25, -0.2) is 8.42 Å². The molecule has 0 unspecified atom stereocenters. The highest BCUT2D eigenvalue weighted by Gasteiger charge is 2.32. The fraction of sp³-hybridized carbons (Fsp3) is 0.750. The quantitative estimate of drug-likeness (QED) is 0.767. The summed E-state index contributed by atoms with van der Waals surface area (Å²) >= 11 is 5.62. The van der Waals surface area contributed by atoms with E-state index in [0.29, 0.717) is 25.5 Å². The van der Waals surface area contributed by atoms with Crippen molar-refractivity contribution >= 4 is 21.6 Å². The Morgan fingerprint density at radius 1 is 1.40 bits per heavy atom. The van der Waals surface area contributed by atoms with Crippen molar-refractivity contribution in [2.45, 2.75) is 43.9 Å². The van der Waals surface area contributed by atoms with E-state index in [-0.39, 0.29) is 17.1 Å². The molecule has 8 heteroatoms. The van der Waals surface area contributed by atoms with Crippen molar-refractivity contribution in [1.82, 2.24) is 14.1 Å². The van der Waals surface area contributed by atoms with Crippen LogP contribution < -0.4 is 0 Å². The van der Waals surface area contributed by atoms with Crippen molar-refractivity contribution in [3.63, 3.8) is 0 Å². The first-order chi connectivity index (χ1) is 9.43. The van der Waals surface area contributed by atoms with Gasteiger partial charge in [0.1, 0.15) is 4.90 Å². The minimum absolute atomic E-state index is 0.0974. The number of hydrogen-bond donors (Lipinski definition) is 0. The molecular weight excluding hydrogens is 302 g/mol. The van der Waals surface area contributed by atoms with Crippen molar-refractivity contribution in [2.75, 3.05) is 19.0 Å². The number of alkyl halides is 1. The Morgan fingerprint density at radius 2 is 2.05 bits per heavy atom. The molecular formula is C12H20ClN3O3S. The van der Waals surface area contributed by atoms with E-state index in [2.05, 4.69) is 5.10 Å². The second-order valence-corrected chi connectivity index (χ2v) is 7.38. The van der Waals surface area contributed by atoms with E-state index in [0.717, 1.165) is 6.42 Å². The Balaban J connectivity index is 2.15. The first-order valence-electron chi connectivity index (χ1n) is 6.67. The van der Waals surface area contributed by atoms with Crippen molar-refractivity contribution in [2.24, 2.45) is 0 Å². The van der Waals surface area contributed by atoms with E-state index in [1.165, 1.54) is 10.5 Å². The SMILES string of the molecule is C[C@@H]1CN(S(=O)(=O)c2cnn(CCCCl)c2)C[C@H](C)O1. The molecule has 1 saturated heterocycles. The maximum atomic E-state index is 12.6. The van der Waals surface area contributed by atoms with Gasteiger partial charge in [0.25, 0.3) is 0 Å². The summed E-state index contributed by atoms with van der Waals surface area (Å²) in [5.41, 5.74) is 0. The second-order valence-electron chi connectivity index (χ2n) is 5.06. The minimum Gasteiger partial charge on any atom is -0.373 e. The molecule has 1 aliphatic heterocycles. The lowest BCUT2D eigenvalue weighted by atomic mass is 10.3. The van der Waals surface area contributed by atoms with Crippen LogP contribution in [0.25, 0.3) is 0 Å². The molecule has 1 fully saturated rings. The molecule has 1 aromatic heterocycles. The second kappa shape index (κ2) is 6.43. The largest absolute Gasteiger partial charge is 0.373 e. The molecule has 20 heavy (non-hydrogen) atoms. The van der Waals surface area contributed by atoms with Crippen LogP contribution in [-0.2, 0) is 21.3 Å². The molecule has 2 atom stereocenters. The Bertz CT molecular complexity index is 536. The van der Waals surface area contributed by atoms with Crippen LogP contribution in [-0.4, -0.2) is 53.7 Å². The first kappa shape index (κ1) is 15.8. The molecule has 6 nitrogen and oxygen atoms in total. The number of rotatable bonds is 5. The molecule has 1 aromatic rings. The average Bonchev–Trinajstić information content (AvgIpc) is 2.84. The Hall–Kier alpha value is -0.630. The molecule has 1 aliphatic rings. The summed E-state index contributed by atoms with van der Waals surface area (Å²) in [6.07, 6.45) is 3.52. The summed E-state index contributed by atoms with van der Waals surface area (Å²) in [7, 11) is -3.50. The van der Waals surface area contributed by atoms with Gasteiger partial charge in [-0.3, -0.25) is 4.68 Å². The zero-order valence-corrected chi connectivity index (χ0v) is 13.3. The number of ether oxygens (including phenoxy) is 1. The molecule has 2 rings (SSSR count). The highest BCUT2D eigenvalue weighted by atomic mass is 35.5. The van der Waals surface area contributed by atoms with Gasteiger partial charge in [0.15, 0.2) is 0 Å². The Kier molecular flexibility index (Phi) is 5.06. The number of aromatic nitrogens is 2. The predicted octanol–water partition coefficient (Wildman–Crippen LogP) is 1.31. The van der Waals surface area contributed by atoms with Gasteiger partial charge in [0.05, 0.1) is 18.4 Å². The van der Waals surface area contributed by atoms with Gasteiger partial charge in [-0.05, 0) is 20.3 Å². The third kappa shape index (κ3) is 3.52. The molecule has 0 saturated carbocycles. The van der Waals surface area contributed by atoms with E-state index in [4.69, 9.17) is 16.3 Å². The Labute approximate surface area is 124 Å². The highest BCUT2D eigenvalue weighted by molar-refractivity contribution is 7.89. The van der Waals surface area contributed by atoms with Crippen LogP contribution in [0.5, 0.6) is 0 Å². The van der Waals surface area contributed by atoms with Gasteiger partial charge < -0.3 is 4.74 Å². The molecule has 0 amide bonds. The van der Waals surface area contributed by atoms with Gasteiger partial charge in [-0.2, -0.15) is 9.40 Å². The smallest absolute Gasteiger partial charge is 0.246 e. The summed E-state index contributed by atoms with van der Waals surface area (Å²) in [5, 5.41) is 4.07. The minimum atomic E-state index is -3.50. The van der Waals surface area contributed by atoms with Crippen LogP contribution in [0.3, 0.4) is 0 Å². The number of hydrogen-bond acceptors (Lipinski definition) is 4. The topological polar surface area (TPSA) is 64.4 Å². The van der Waals surface area contributed by atoms with Crippen molar-refractivity contribution in [1.29, 1.82) is 0 Å². The van der Waals surface area contributed by atoms with Gasteiger partial charge in [-0.15, -0.1) is 11.6 Å². The van der Waals surface area contributed by atoms with Crippen LogP contribution in [0.1, 0.15) is 20.3 Å². The fourth-order valence-electron chi connectivity index (χ4n) is 2.30. The summed E-state index contributed by atoms with van der Waals surface area (Å²) in [6.45, 7) is 5.12. The molecule has 0 N–H and O–H groups in total. The number of morpholine rings is 1. The summed E-state index contributed by atoms with van der Waals surface area (Å²) in [6, 6.07) is 0. The maximum Gasteiger partial charge on any atom is 0.246 e. The lowest BCUT2D eigenvalue weighted by molar-refractivity contribution is -0.0440.